The van der Waals surface area contributed by atoms with Gasteiger partial charge in [-0.3, -0.25) is 4.79 Å². The molecule has 0 aliphatic carbocycles. The van der Waals surface area contributed by atoms with E-state index in [2.05, 4.69) is 21.8 Å². The second kappa shape index (κ2) is 6.64. The van der Waals surface area contributed by atoms with Gasteiger partial charge in [0.2, 0.25) is 0 Å². The number of likely N-dealkylation sites (N-methyl/N-ethyl adjacent to an activating group) is 1. The van der Waals surface area contributed by atoms with E-state index in [9.17, 15) is 9.90 Å². The number of hydrogen-bond donors (Lipinski definition) is 1. The number of hydrogen-bond acceptors (Lipinski definition) is 6. The number of aliphatic imine (C=N–C) groups is 1. The van der Waals surface area contributed by atoms with E-state index in [0.717, 1.165) is 36.9 Å². The van der Waals surface area contributed by atoms with E-state index in [0.29, 0.717) is 10.7 Å². The van der Waals surface area contributed by atoms with E-state index in [4.69, 9.17) is 4.74 Å². The summed E-state index contributed by atoms with van der Waals surface area (Å²) in [4.78, 5) is 21.3. The van der Waals surface area contributed by atoms with Crippen LogP contribution in [0.1, 0.15) is 5.56 Å². The fourth-order valence-corrected chi connectivity index (χ4v) is 3.43. The van der Waals surface area contributed by atoms with Crippen molar-refractivity contribution < 1.29 is 14.6 Å². The molecule has 1 fully saturated rings. The number of carbonyl (C=O) groups excluding carboxylic acids is 1. The molecule has 23 heavy (non-hydrogen) atoms. The average molecular weight is 333 g/mol. The molecule has 1 aromatic carbocycles. The fraction of sp³-hybridized carbons (Fsp3) is 0.375. The minimum Gasteiger partial charge on any atom is -0.504 e. The Labute approximate surface area is 139 Å². The molecule has 122 valence electrons. The van der Waals surface area contributed by atoms with Gasteiger partial charge in [0.1, 0.15) is 0 Å². The Balaban J connectivity index is 1.74. The van der Waals surface area contributed by atoms with Gasteiger partial charge in [0.15, 0.2) is 16.7 Å². The quantitative estimate of drug-likeness (QED) is 0.830. The topological polar surface area (TPSA) is 65.4 Å². The van der Waals surface area contributed by atoms with Gasteiger partial charge < -0.3 is 19.6 Å². The molecule has 2 aliphatic rings. The molecular formula is C16H19N3O3S. The molecule has 0 radical (unpaired) electrons. The molecule has 1 N–H and O–H groups in total. The lowest BCUT2D eigenvalue weighted by Gasteiger charge is -2.32. The Morgan fingerprint density at radius 3 is 2.74 bits per heavy atom. The number of nitrogens with zero attached hydrogens (tertiary/aromatic N) is 3. The van der Waals surface area contributed by atoms with E-state index in [1.807, 2.05) is 0 Å². The Kier molecular flexibility index (Phi) is 4.58. The standard InChI is InChI=1S/C16H19N3O3S/c1-18-5-7-19(8-6-18)16-17-15(21)14(23-16)10-11-3-4-12(20)13(9-11)22-2/h3-4,9-10,20H,5-8H2,1-2H3. The van der Waals surface area contributed by atoms with Crippen LogP contribution in [0.25, 0.3) is 6.08 Å². The van der Waals surface area contributed by atoms with Crippen LogP contribution in [0.4, 0.5) is 0 Å². The van der Waals surface area contributed by atoms with Gasteiger partial charge in [-0.2, -0.15) is 4.99 Å². The van der Waals surface area contributed by atoms with Gasteiger partial charge in [-0.15, -0.1) is 0 Å². The number of phenols is 1. The van der Waals surface area contributed by atoms with Crippen molar-refractivity contribution in [1.29, 1.82) is 0 Å². The number of rotatable bonds is 2. The van der Waals surface area contributed by atoms with Crippen molar-refractivity contribution in [2.75, 3.05) is 40.3 Å². The van der Waals surface area contributed by atoms with Crippen LogP contribution in [-0.4, -0.2) is 66.3 Å². The summed E-state index contributed by atoms with van der Waals surface area (Å²) >= 11 is 1.40. The van der Waals surface area contributed by atoms with Crippen LogP contribution in [0.2, 0.25) is 0 Å². The Morgan fingerprint density at radius 1 is 1.30 bits per heavy atom. The molecule has 0 aromatic heterocycles. The number of carbonyl (C=O) groups is 1. The van der Waals surface area contributed by atoms with Crippen LogP contribution in [0.5, 0.6) is 11.5 Å². The maximum atomic E-state index is 12.1. The predicted octanol–water partition coefficient (Wildman–Crippen LogP) is 1.62. The monoisotopic (exact) mass is 333 g/mol. The number of thioether (sulfide) groups is 1. The van der Waals surface area contributed by atoms with Crippen molar-refractivity contribution in [3.63, 3.8) is 0 Å². The lowest BCUT2D eigenvalue weighted by molar-refractivity contribution is -0.113. The SMILES string of the molecule is COc1cc(C=C2SC(N3CCN(C)CC3)=NC2=O)ccc1O. The maximum absolute atomic E-state index is 12.1. The Hall–Kier alpha value is -1.99. The van der Waals surface area contributed by atoms with Gasteiger partial charge in [0, 0.05) is 26.2 Å². The van der Waals surface area contributed by atoms with Crippen molar-refractivity contribution in [1.82, 2.24) is 9.80 Å². The van der Waals surface area contributed by atoms with Crippen LogP contribution >= 0.6 is 11.8 Å². The minimum absolute atomic E-state index is 0.0782. The van der Waals surface area contributed by atoms with Crippen LogP contribution in [0, 0.1) is 0 Å². The maximum Gasteiger partial charge on any atom is 0.286 e. The lowest BCUT2D eigenvalue weighted by atomic mass is 10.2. The number of ether oxygens (including phenoxy) is 1. The van der Waals surface area contributed by atoms with E-state index in [1.165, 1.54) is 18.9 Å². The van der Waals surface area contributed by atoms with Gasteiger partial charge in [-0.1, -0.05) is 6.07 Å². The van der Waals surface area contributed by atoms with Gasteiger partial charge >= 0.3 is 0 Å². The molecule has 0 spiro atoms. The predicted molar refractivity (Wildman–Crippen MR) is 91.7 cm³/mol. The number of amidine groups is 1. The van der Waals surface area contributed by atoms with Gasteiger partial charge in [0.25, 0.3) is 5.91 Å². The first-order valence-corrected chi connectivity index (χ1v) is 8.21. The van der Waals surface area contributed by atoms with E-state index in [-0.39, 0.29) is 11.7 Å². The number of benzene rings is 1. The first kappa shape index (κ1) is 15.9. The van der Waals surface area contributed by atoms with E-state index in [1.54, 1.807) is 24.3 Å². The number of aromatic hydroxyl groups is 1. The first-order valence-electron chi connectivity index (χ1n) is 7.40. The van der Waals surface area contributed by atoms with Crippen molar-refractivity contribution >= 4 is 28.9 Å². The molecule has 1 amide bonds. The molecule has 0 bridgehead atoms. The Morgan fingerprint density at radius 2 is 2.04 bits per heavy atom. The van der Waals surface area contributed by atoms with Crippen molar-refractivity contribution in [2.45, 2.75) is 0 Å². The van der Waals surface area contributed by atoms with Crippen molar-refractivity contribution in [3.8, 4) is 11.5 Å². The van der Waals surface area contributed by atoms with Gasteiger partial charge in [0.05, 0.1) is 12.0 Å². The van der Waals surface area contributed by atoms with Crippen molar-refractivity contribution in [2.24, 2.45) is 4.99 Å². The summed E-state index contributed by atoms with van der Waals surface area (Å²) in [5, 5.41) is 10.4. The Bertz CT molecular complexity index is 679. The zero-order valence-corrected chi connectivity index (χ0v) is 14.0. The number of methoxy groups -OCH3 is 1. The lowest BCUT2D eigenvalue weighted by Crippen LogP contribution is -2.46. The smallest absolute Gasteiger partial charge is 0.286 e. The zero-order valence-electron chi connectivity index (χ0n) is 13.2. The summed E-state index contributed by atoms with van der Waals surface area (Å²) in [5.74, 6) is 0.250. The van der Waals surface area contributed by atoms with Gasteiger partial charge in [-0.05, 0) is 42.6 Å². The molecule has 1 aromatic rings. The summed E-state index contributed by atoms with van der Waals surface area (Å²) in [7, 11) is 3.59. The summed E-state index contributed by atoms with van der Waals surface area (Å²) in [6.45, 7) is 3.72. The number of phenolic OH excluding ortho intramolecular Hbond substituents is 1. The molecule has 0 unspecified atom stereocenters. The first-order chi connectivity index (χ1) is 11.1. The molecule has 7 heteroatoms. The molecule has 2 heterocycles. The molecule has 0 saturated carbocycles. The normalized spacial score (nSPS) is 21.0. The highest BCUT2D eigenvalue weighted by Crippen LogP contribution is 2.33. The van der Waals surface area contributed by atoms with E-state index < -0.39 is 0 Å². The second-order valence-electron chi connectivity index (χ2n) is 5.53. The van der Waals surface area contributed by atoms with Crippen LogP contribution in [0.15, 0.2) is 28.1 Å². The largest absolute Gasteiger partial charge is 0.504 e. The second-order valence-corrected chi connectivity index (χ2v) is 6.54. The summed E-state index contributed by atoms with van der Waals surface area (Å²) in [5.41, 5.74) is 0.797. The third kappa shape index (κ3) is 3.51. The highest BCUT2D eigenvalue weighted by atomic mass is 32.2. The average Bonchev–Trinajstić information content (AvgIpc) is 2.91. The summed E-state index contributed by atoms with van der Waals surface area (Å²) in [6.07, 6.45) is 1.78. The fourth-order valence-electron chi connectivity index (χ4n) is 2.47. The third-order valence-corrected chi connectivity index (χ3v) is 4.93. The number of piperazine rings is 1. The zero-order chi connectivity index (χ0) is 16.4. The number of amides is 1. The molecule has 3 rings (SSSR count). The highest BCUT2D eigenvalue weighted by Gasteiger charge is 2.27. The molecule has 2 aliphatic heterocycles. The summed E-state index contributed by atoms with van der Waals surface area (Å²) < 4.78 is 5.09. The van der Waals surface area contributed by atoms with Crippen LogP contribution in [-0.2, 0) is 4.79 Å². The third-order valence-electron chi connectivity index (χ3n) is 3.88. The molecule has 6 nitrogen and oxygen atoms in total. The van der Waals surface area contributed by atoms with Crippen molar-refractivity contribution in [3.05, 3.63) is 28.7 Å². The molecular weight excluding hydrogens is 314 g/mol. The minimum atomic E-state index is -0.212. The molecule has 0 atom stereocenters. The highest BCUT2D eigenvalue weighted by molar-refractivity contribution is 8.18. The molecule has 1 saturated heterocycles. The summed E-state index contributed by atoms with van der Waals surface area (Å²) in [6, 6.07) is 4.99. The van der Waals surface area contributed by atoms with Gasteiger partial charge in [-0.25, -0.2) is 0 Å². The van der Waals surface area contributed by atoms with Crippen LogP contribution in [0.3, 0.4) is 0 Å². The van der Waals surface area contributed by atoms with E-state index >= 15 is 0 Å². The van der Waals surface area contributed by atoms with Crippen LogP contribution < -0.4 is 4.74 Å².